The van der Waals surface area contributed by atoms with Crippen LogP contribution in [0, 0.1) is 5.82 Å². The van der Waals surface area contributed by atoms with Crippen LogP contribution in [0.25, 0.3) is 0 Å². The number of carbonyl (C=O) groups is 1. The molecule has 3 aromatic rings. The number of ether oxygens (including phenoxy) is 1. The summed E-state index contributed by atoms with van der Waals surface area (Å²) in [6, 6.07) is 23.1. The smallest absolute Gasteiger partial charge is 0.258 e. The molecule has 0 saturated carbocycles. The van der Waals surface area contributed by atoms with Gasteiger partial charge >= 0.3 is 0 Å². The number of benzene rings is 3. The average Bonchev–Trinajstić information content (AvgIpc) is 2.69. The van der Waals surface area contributed by atoms with Crippen molar-refractivity contribution in [2.45, 2.75) is 13.0 Å². The van der Waals surface area contributed by atoms with Gasteiger partial charge in [0, 0.05) is 11.4 Å². The minimum absolute atomic E-state index is 0.0863. The van der Waals surface area contributed by atoms with Crippen LogP contribution in [0.15, 0.2) is 78.9 Å². The Kier molecular flexibility index (Phi) is 6.05. The lowest BCUT2D eigenvalue weighted by Gasteiger charge is -2.15. The van der Waals surface area contributed by atoms with Crippen molar-refractivity contribution >= 4 is 17.3 Å². The Bertz CT molecular complexity index is 865. The molecule has 1 atom stereocenters. The Hall–Kier alpha value is -3.34. The second-order valence-corrected chi connectivity index (χ2v) is 6.14. The molecule has 0 aliphatic carbocycles. The largest absolute Gasteiger partial charge is 0.484 e. The molecule has 138 valence electrons. The van der Waals surface area contributed by atoms with E-state index in [2.05, 4.69) is 10.6 Å². The molecular weight excluding hydrogens is 343 g/mol. The highest BCUT2D eigenvalue weighted by atomic mass is 19.1. The Morgan fingerprint density at radius 2 is 1.56 bits per heavy atom. The van der Waals surface area contributed by atoms with Gasteiger partial charge < -0.3 is 15.4 Å². The molecule has 0 heterocycles. The van der Waals surface area contributed by atoms with E-state index in [0.717, 1.165) is 16.9 Å². The minimum atomic E-state index is -0.300. The number of anilines is 2. The number of para-hydroxylation sites is 1. The first-order valence-electron chi connectivity index (χ1n) is 8.70. The molecule has 0 fully saturated rings. The molecular formula is C22H21FN2O2. The summed E-state index contributed by atoms with van der Waals surface area (Å²) in [4.78, 5) is 12.1. The Balaban J connectivity index is 1.47. The van der Waals surface area contributed by atoms with Gasteiger partial charge in [0.1, 0.15) is 11.6 Å². The molecule has 4 nitrogen and oxygen atoms in total. The Morgan fingerprint density at radius 1 is 0.926 bits per heavy atom. The number of rotatable bonds is 7. The van der Waals surface area contributed by atoms with E-state index in [4.69, 9.17) is 4.74 Å². The van der Waals surface area contributed by atoms with Crippen LogP contribution < -0.4 is 15.4 Å². The first-order chi connectivity index (χ1) is 13.1. The number of halogens is 1. The highest BCUT2D eigenvalue weighted by Crippen LogP contribution is 2.20. The second kappa shape index (κ2) is 8.85. The number of carbonyl (C=O) groups excluding carboxylic acids is 1. The zero-order chi connectivity index (χ0) is 19.1. The average molecular weight is 364 g/mol. The molecule has 0 saturated heterocycles. The highest BCUT2D eigenvalue weighted by Gasteiger charge is 2.10. The quantitative estimate of drug-likeness (QED) is 0.632. The zero-order valence-electron chi connectivity index (χ0n) is 15.0. The predicted octanol–water partition coefficient (Wildman–Crippen LogP) is 4.83. The van der Waals surface area contributed by atoms with Gasteiger partial charge in [-0.3, -0.25) is 4.79 Å². The summed E-state index contributed by atoms with van der Waals surface area (Å²) in [7, 11) is 0. The standard InChI is InChI=1S/C22H21FN2O2/c1-16(17-7-9-18(23)10-8-17)24-22(26)15-27-21-13-11-20(12-14-21)25-19-5-3-2-4-6-19/h2-14,16,25H,15H2,1H3,(H,24,26)/t16-/m1/s1. The Morgan fingerprint density at radius 3 is 2.22 bits per heavy atom. The lowest BCUT2D eigenvalue weighted by molar-refractivity contribution is -0.123. The fraction of sp³-hybridized carbons (Fsp3) is 0.136. The first kappa shape index (κ1) is 18.5. The monoisotopic (exact) mass is 364 g/mol. The van der Waals surface area contributed by atoms with E-state index in [1.54, 1.807) is 12.1 Å². The topological polar surface area (TPSA) is 50.4 Å². The van der Waals surface area contributed by atoms with Gasteiger partial charge in [0.05, 0.1) is 6.04 Å². The summed E-state index contributed by atoms with van der Waals surface area (Å²) in [5.41, 5.74) is 2.77. The highest BCUT2D eigenvalue weighted by molar-refractivity contribution is 5.78. The number of hydrogen-bond acceptors (Lipinski definition) is 3. The van der Waals surface area contributed by atoms with E-state index in [-0.39, 0.29) is 24.4 Å². The minimum Gasteiger partial charge on any atom is -0.484 e. The van der Waals surface area contributed by atoms with Crippen LogP contribution >= 0.6 is 0 Å². The van der Waals surface area contributed by atoms with E-state index in [0.29, 0.717) is 5.75 Å². The van der Waals surface area contributed by atoms with Crippen molar-refractivity contribution in [3.63, 3.8) is 0 Å². The third kappa shape index (κ3) is 5.57. The number of amides is 1. The van der Waals surface area contributed by atoms with Crippen molar-refractivity contribution in [1.82, 2.24) is 5.32 Å². The van der Waals surface area contributed by atoms with E-state index >= 15 is 0 Å². The summed E-state index contributed by atoms with van der Waals surface area (Å²) in [5, 5.41) is 6.11. The van der Waals surface area contributed by atoms with Crippen LogP contribution in [0.5, 0.6) is 5.75 Å². The summed E-state index contributed by atoms with van der Waals surface area (Å²) in [5.74, 6) is 0.0716. The van der Waals surface area contributed by atoms with E-state index in [9.17, 15) is 9.18 Å². The van der Waals surface area contributed by atoms with Gasteiger partial charge in [0.2, 0.25) is 0 Å². The molecule has 0 unspecified atom stereocenters. The fourth-order valence-electron chi connectivity index (χ4n) is 2.59. The molecule has 0 spiro atoms. The van der Waals surface area contributed by atoms with Gasteiger partial charge in [-0.15, -0.1) is 0 Å². The van der Waals surface area contributed by atoms with Gasteiger partial charge in [-0.25, -0.2) is 4.39 Å². The van der Waals surface area contributed by atoms with Crippen LogP contribution in [0.3, 0.4) is 0 Å². The van der Waals surface area contributed by atoms with Gasteiger partial charge in [0.25, 0.3) is 5.91 Å². The van der Waals surface area contributed by atoms with E-state index < -0.39 is 0 Å². The molecule has 3 rings (SSSR count). The van der Waals surface area contributed by atoms with Crippen LogP contribution in [0.1, 0.15) is 18.5 Å². The molecule has 0 aliphatic rings. The fourth-order valence-corrected chi connectivity index (χ4v) is 2.59. The van der Waals surface area contributed by atoms with Crippen LogP contribution in [-0.2, 0) is 4.79 Å². The second-order valence-electron chi connectivity index (χ2n) is 6.14. The molecule has 3 aromatic carbocycles. The maximum Gasteiger partial charge on any atom is 0.258 e. The van der Waals surface area contributed by atoms with Crippen molar-refractivity contribution < 1.29 is 13.9 Å². The van der Waals surface area contributed by atoms with Gasteiger partial charge in [-0.05, 0) is 61.0 Å². The van der Waals surface area contributed by atoms with Gasteiger partial charge in [-0.2, -0.15) is 0 Å². The third-order valence-corrected chi connectivity index (χ3v) is 4.03. The number of nitrogens with one attached hydrogen (secondary N) is 2. The van der Waals surface area contributed by atoms with Gasteiger partial charge in [-0.1, -0.05) is 30.3 Å². The van der Waals surface area contributed by atoms with Crippen LogP contribution in [-0.4, -0.2) is 12.5 Å². The molecule has 27 heavy (non-hydrogen) atoms. The summed E-state index contributed by atoms with van der Waals surface area (Å²) in [6.07, 6.45) is 0. The molecule has 0 aliphatic heterocycles. The SMILES string of the molecule is C[C@@H](NC(=O)COc1ccc(Nc2ccccc2)cc1)c1ccc(F)cc1. The van der Waals surface area contributed by atoms with Crippen molar-refractivity contribution in [2.24, 2.45) is 0 Å². The first-order valence-corrected chi connectivity index (χ1v) is 8.70. The van der Waals surface area contributed by atoms with Crippen molar-refractivity contribution in [2.75, 3.05) is 11.9 Å². The maximum absolute atomic E-state index is 13.0. The molecule has 0 aromatic heterocycles. The third-order valence-electron chi connectivity index (χ3n) is 4.03. The van der Waals surface area contributed by atoms with Crippen LogP contribution in [0.4, 0.5) is 15.8 Å². The summed E-state index contributed by atoms with van der Waals surface area (Å²) < 4.78 is 18.5. The van der Waals surface area contributed by atoms with Crippen molar-refractivity contribution in [3.8, 4) is 5.75 Å². The lowest BCUT2D eigenvalue weighted by atomic mass is 10.1. The maximum atomic E-state index is 13.0. The van der Waals surface area contributed by atoms with E-state index in [1.165, 1.54) is 12.1 Å². The van der Waals surface area contributed by atoms with Crippen molar-refractivity contribution in [1.29, 1.82) is 0 Å². The van der Waals surface area contributed by atoms with E-state index in [1.807, 2.05) is 61.5 Å². The molecule has 0 bridgehead atoms. The van der Waals surface area contributed by atoms with Crippen molar-refractivity contribution in [3.05, 3.63) is 90.2 Å². The van der Waals surface area contributed by atoms with Gasteiger partial charge in [0.15, 0.2) is 6.61 Å². The molecule has 5 heteroatoms. The molecule has 1 amide bonds. The summed E-state index contributed by atoms with van der Waals surface area (Å²) in [6.45, 7) is 1.76. The normalized spacial score (nSPS) is 11.5. The Labute approximate surface area is 158 Å². The predicted molar refractivity (Wildman–Crippen MR) is 105 cm³/mol. The lowest BCUT2D eigenvalue weighted by Crippen LogP contribution is -2.31. The molecule has 2 N–H and O–H groups in total. The zero-order valence-corrected chi connectivity index (χ0v) is 15.0. The summed E-state index contributed by atoms with van der Waals surface area (Å²) >= 11 is 0. The molecule has 0 radical (unpaired) electrons. The number of hydrogen-bond donors (Lipinski definition) is 2. The van der Waals surface area contributed by atoms with Crippen LogP contribution in [0.2, 0.25) is 0 Å².